The van der Waals surface area contributed by atoms with Gasteiger partial charge in [-0.2, -0.15) is 0 Å². The molecule has 0 spiro atoms. The highest BCUT2D eigenvalue weighted by Crippen LogP contribution is 2.27. The highest BCUT2D eigenvalue weighted by atomic mass is 16.3. The predicted octanol–water partition coefficient (Wildman–Crippen LogP) is 0.953. The van der Waals surface area contributed by atoms with Gasteiger partial charge in [0.2, 0.25) is 0 Å². The van der Waals surface area contributed by atoms with E-state index in [0.29, 0.717) is 6.54 Å². The van der Waals surface area contributed by atoms with Gasteiger partial charge in [-0.3, -0.25) is 0 Å². The van der Waals surface area contributed by atoms with Crippen LogP contribution in [0.1, 0.15) is 32.1 Å². The molecule has 2 amide bonds. The number of nitrogens with zero attached hydrogens (tertiary/aromatic N) is 1. The van der Waals surface area contributed by atoms with Crippen LogP contribution in [0.4, 0.5) is 4.79 Å². The lowest BCUT2D eigenvalue weighted by atomic mass is 9.85. The first-order chi connectivity index (χ1) is 6.53. The largest absolute Gasteiger partial charge is 0.388 e. The van der Waals surface area contributed by atoms with Crippen molar-refractivity contribution in [2.24, 2.45) is 0 Å². The van der Waals surface area contributed by atoms with Crippen molar-refractivity contribution in [1.29, 1.82) is 0 Å². The van der Waals surface area contributed by atoms with Crippen LogP contribution in [0.2, 0.25) is 0 Å². The van der Waals surface area contributed by atoms with E-state index in [2.05, 4.69) is 5.32 Å². The summed E-state index contributed by atoms with van der Waals surface area (Å²) in [5, 5.41) is 12.8. The minimum atomic E-state index is -0.663. The van der Waals surface area contributed by atoms with Crippen molar-refractivity contribution < 1.29 is 9.90 Å². The van der Waals surface area contributed by atoms with E-state index in [9.17, 15) is 9.90 Å². The van der Waals surface area contributed by atoms with Crippen LogP contribution in [-0.2, 0) is 0 Å². The molecule has 0 heterocycles. The Hall–Kier alpha value is -0.770. The molecule has 0 atom stereocenters. The molecule has 0 aromatic rings. The Morgan fingerprint density at radius 2 is 1.93 bits per heavy atom. The van der Waals surface area contributed by atoms with Gasteiger partial charge in [-0.1, -0.05) is 19.3 Å². The van der Waals surface area contributed by atoms with Gasteiger partial charge in [-0.15, -0.1) is 0 Å². The normalized spacial score (nSPS) is 20.2. The lowest BCUT2D eigenvalue weighted by Crippen LogP contribution is -2.46. The number of hydrogen-bond acceptors (Lipinski definition) is 2. The summed E-state index contributed by atoms with van der Waals surface area (Å²) in [5.41, 5.74) is -0.663. The fourth-order valence-corrected chi connectivity index (χ4v) is 1.78. The molecule has 0 aromatic heterocycles. The highest BCUT2D eigenvalue weighted by molar-refractivity contribution is 5.73. The maximum atomic E-state index is 11.2. The zero-order chi connectivity index (χ0) is 10.6. The van der Waals surface area contributed by atoms with Crippen LogP contribution in [0.25, 0.3) is 0 Å². The van der Waals surface area contributed by atoms with Crippen molar-refractivity contribution in [2.75, 3.05) is 20.6 Å². The standard InChI is InChI=1S/C10H20N2O2/c1-12(2)9(13)11-8-10(14)6-4-3-5-7-10/h14H,3-8H2,1-2H3,(H,11,13). The van der Waals surface area contributed by atoms with Crippen LogP contribution in [0.3, 0.4) is 0 Å². The zero-order valence-corrected chi connectivity index (χ0v) is 9.05. The van der Waals surface area contributed by atoms with Crippen LogP contribution in [-0.4, -0.2) is 42.3 Å². The molecule has 1 rings (SSSR count). The quantitative estimate of drug-likeness (QED) is 0.697. The average Bonchev–Trinajstić information content (AvgIpc) is 2.15. The van der Waals surface area contributed by atoms with E-state index in [4.69, 9.17) is 0 Å². The third-order valence-corrected chi connectivity index (χ3v) is 2.76. The minimum absolute atomic E-state index is 0.135. The third-order valence-electron chi connectivity index (χ3n) is 2.76. The number of rotatable bonds is 2. The Morgan fingerprint density at radius 1 is 1.36 bits per heavy atom. The summed E-state index contributed by atoms with van der Waals surface area (Å²) >= 11 is 0. The lowest BCUT2D eigenvalue weighted by molar-refractivity contribution is 0.00656. The summed E-state index contributed by atoms with van der Waals surface area (Å²) in [7, 11) is 3.39. The van der Waals surface area contributed by atoms with Crippen molar-refractivity contribution >= 4 is 6.03 Å². The molecule has 0 aliphatic heterocycles. The molecule has 0 bridgehead atoms. The third kappa shape index (κ3) is 3.18. The number of aliphatic hydroxyl groups is 1. The maximum Gasteiger partial charge on any atom is 0.316 e. The second-order valence-corrected chi connectivity index (χ2v) is 4.34. The molecule has 0 aromatic carbocycles. The first-order valence-corrected chi connectivity index (χ1v) is 5.21. The fourth-order valence-electron chi connectivity index (χ4n) is 1.78. The van der Waals surface area contributed by atoms with Gasteiger partial charge in [0, 0.05) is 20.6 Å². The summed E-state index contributed by atoms with van der Waals surface area (Å²) in [5.74, 6) is 0. The Labute approximate surface area is 85.3 Å². The monoisotopic (exact) mass is 200 g/mol. The fraction of sp³-hybridized carbons (Fsp3) is 0.900. The summed E-state index contributed by atoms with van der Waals surface area (Å²) in [6.45, 7) is 0.379. The molecule has 0 unspecified atom stereocenters. The number of urea groups is 1. The molecular formula is C10H20N2O2. The number of nitrogens with one attached hydrogen (secondary N) is 1. The molecular weight excluding hydrogens is 180 g/mol. The molecule has 1 aliphatic rings. The zero-order valence-electron chi connectivity index (χ0n) is 9.05. The van der Waals surface area contributed by atoms with Crippen LogP contribution in [0.15, 0.2) is 0 Å². The Balaban J connectivity index is 2.32. The van der Waals surface area contributed by atoms with Crippen LogP contribution in [0, 0.1) is 0 Å². The molecule has 1 saturated carbocycles. The minimum Gasteiger partial charge on any atom is -0.388 e. The number of amides is 2. The summed E-state index contributed by atoms with van der Waals surface area (Å²) in [6.07, 6.45) is 4.94. The molecule has 82 valence electrons. The summed E-state index contributed by atoms with van der Waals surface area (Å²) in [6, 6.07) is -0.135. The average molecular weight is 200 g/mol. The topological polar surface area (TPSA) is 52.6 Å². The smallest absolute Gasteiger partial charge is 0.316 e. The molecule has 2 N–H and O–H groups in total. The SMILES string of the molecule is CN(C)C(=O)NCC1(O)CCCCC1. The van der Waals surface area contributed by atoms with Gasteiger partial charge in [0.05, 0.1) is 5.60 Å². The second kappa shape index (κ2) is 4.64. The lowest BCUT2D eigenvalue weighted by Gasteiger charge is -2.32. The molecule has 0 radical (unpaired) electrons. The van der Waals surface area contributed by atoms with Gasteiger partial charge >= 0.3 is 6.03 Å². The maximum absolute atomic E-state index is 11.2. The van der Waals surface area contributed by atoms with Gasteiger partial charge in [-0.25, -0.2) is 4.79 Å². The van der Waals surface area contributed by atoms with E-state index in [1.165, 1.54) is 11.3 Å². The van der Waals surface area contributed by atoms with E-state index in [1.54, 1.807) is 14.1 Å². The molecule has 4 nitrogen and oxygen atoms in total. The first-order valence-electron chi connectivity index (χ1n) is 5.21. The molecule has 1 fully saturated rings. The number of carbonyl (C=O) groups excluding carboxylic acids is 1. The van der Waals surface area contributed by atoms with Gasteiger partial charge in [-0.05, 0) is 12.8 Å². The van der Waals surface area contributed by atoms with Crippen molar-refractivity contribution in [1.82, 2.24) is 10.2 Å². The van der Waals surface area contributed by atoms with Crippen molar-refractivity contribution in [3.8, 4) is 0 Å². The van der Waals surface area contributed by atoms with Crippen molar-refractivity contribution in [3.63, 3.8) is 0 Å². The molecule has 14 heavy (non-hydrogen) atoms. The van der Waals surface area contributed by atoms with Gasteiger partial charge in [0.25, 0.3) is 0 Å². The van der Waals surface area contributed by atoms with Crippen LogP contribution in [0.5, 0.6) is 0 Å². The van der Waals surface area contributed by atoms with E-state index in [-0.39, 0.29) is 6.03 Å². The number of carbonyl (C=O) groups is 1. The van der Waals surface area contributed by atoms with E-state index >= 15 is 0 Å². The molecule has 1 aliphatic carbocycles. The highest BCUT2D eigenvalue weighted by Gasteiger charge is 2.29. The van der Waals surface area contributed by atoms with Gasteiger partial charge < -0.3 is 15.3 Å². The van der Waals surface area contributed by atoms with Gasteiger partial charge in [0.1, 0.15) is 0 Å². The van der Waals surface area contributed by atoms with Crippen LogP contribution < -0.4 is 5.32 Å². The van der Waals surface area contributed by atoms with E-state index < -0.39 is 5.60 Å². The van der Waals surface area contributed by atoms with E-state index in [1.807, 2.05) is 0 Å². The van der Waals surface area contributed by atoms with Gasteiger partial charge in [0.15, 0.2) is 0 Å². The Morgan fingerprint density at radius 3 is 2.43 bits per heavy atom. The predicted molar refractivity (Wildman–Crippen MR) is 55.1 cm³/mol. The van der Waals surface area contributed by atoms with Crippen molar-refractivity contribution in [2.45, 2.75) is 37.7 Å². The second-order valence-electron chi connectivity index (χ2n) is 4.34. The Bertz CT molecular complexity index is 198. The Kier molecular flexibility index (Phi) is 3.75. The van der Waals surface area contributed by atoms with Crippen molar-refractivity contribution in [3.05, 3.63) is 0 Å². The first kappa shape index (κ1) is 11.3. The van der Waals surface area contributed by atoms with E-state index in [0.717, 1.165) is 25.7 Å². The summed E-state index contributed by atoms with van der Waals surface area (Å²) < 4.78 is 0. The van der Waals surface area contributed by atoms with Crippen LogP contribution >= 0.6 is 0 Å². The molecule has 0 saturated heterocycles. The summed E-state index contributed by atoms with van der Waals surface area (Å²) in [4.78, 5) is 12.7. The number of hydrogen-bond donors (Lipinski definition) is 2. The molecule has 4 heteroatoms.